The van der Waals surface area contributed by atoms with Crippen molar-refractivity contribution in [2.75, 3.05) is 19.8 Å². The number of carboxylic acid groups (broad SMARTS) is 1. The minimum Gasteiger partial charge on any atom is -0.481 e. The Hall–Kier alpha value is -1.39. The predicted octanol–water partition coefficient (Wildman–Crippen LogP) is 2.26. The number of aliphatic carboxylic acids is 1. The molecule has 0 fully saturated rings. The summed E-state index contributed by atoms with van der Waals surface area (Å²) >= 11 is 0. The van der Waals surface area contributed by atoms with E-state index in [1.54, 1.807) is 0 Å². The van der Waals surface area contributed by atoms with Gasteiger partial charge in [-0.05, 0) is 17.5 Å². The van der Waals surface area contributed by atoms with E-state index in [-0.39, 0.29) is 6.42 Å². The van der Waals surface area contributed by atoms with Gasteiger partial charge in [-0.25, -0.2) is 0 Å². The highest BCUT2D eigenvalue weighted by Gasteiger charge is 2.00. The van der Waals surface area contributed by atoms with Gasteiger partial charge in [-0.1, -0.05) is 31.2 Å². The Morgan fingerprint density at radius 2 is 1.67 bits per heavy atom. The zero-order valence-electron chi connectivity index (χ0n) is 10.7. The standard InChI is InChI=1S/C14H20O4/c1-2-7-17-8-9-18-11-13-5-3-12(4-6-13)10-14(15)16/h3-6H,2,7-11H2,1H3,(H,15,16). The lowest BCUT2D eigenvalue weighted by Gasteiger charge is -2.05. The van der Waals surface area contributed by atoms with Gasteiger partial charge in [-0.3, -0.25) is 4.79 Å². The highest BCUT2D eigenvalue weighted by atomic mass is 16.5. The summed E-state index contributed by atoms with van der Waals surface area (Å²) in [7, 11) is 0. The lowest BCUT2D eigenvalue weighted by molar-refractivity contribution is -0.136. The molecule has 0 bridgehead atoms. The minimum atomic E-state index is -0.813. The van der Waals surface area contributed by atoms with Crippen molar-refractivity contribution in [1.29, 1.82) is 0 Å². The van der Waals surface area contributed by atoms with Crippen LogP contribution in [0, 0.1) is 0 Å². The van der Waals surface area contributed by atoms with Crippen LogP contribution in [0.25, 0.3) is 0 Å². The zero-order chi connectivity index (χ0) is 13.2. The van der Waals surface area contributed by atoms with Crippen LogP contribution in [0.4, 0.5) is 0 Å². The molecule has 4 nitrogen and oxygen atoms in total. The maximum Gasteiger partial charge on any atom is 0.307 e. The first-order valence-electron chi connectivity index (χ1n) is 6.17. The van der Waals surface area contributed by atoms with Crippen LogP contribution in [0.5, 0.6) is 0 Å². The molecule has 0 aliphatic heterocycles. The van der Waals surface area contributed by atoms with Gasteiger partial charge in [0.05, 0.1) is 26.2 Å². The van der Waals surface area contributed by atoms with Crippen molar-refractivity contribution in [3.63, 3.8) is 0 Å². The number of hydrogen-bond donors (Lipinski definition) is 1. The van der Waals surface area contributed by atoms with Gasteiger partial charge in [-0.2, -0.15) is 0 Å². The molecule has 0 amide bonds. The minimum absolute atomic E-state index is 0.0615. The summed E-state index contributed by atoms with van der Waals surface area (Å²) in [5.41, 5.74) is 1.84. The zero-order valence-corrected chi connectivity index (χ0v) is 10.7. The largest absolute Gasteiger partial charge is 0.481 e. The average Bonchev–Trinajstić information content (AvgIpc) is 2.35. The fraction of sp³-hybridized carbons (Fsp3) is 0.500. The Morgan fingerprint density at radius 3 is 2.28 bits per heavy atom. The molecule has 1 rings (SSSR count). The second kappa shape index (κ2) is 8.66. The van der Waals surface area contributed by atoms with Gasteiger partial charge < -0.3 is 14.6 Å². The van der Waals surface area contributed by atoms with Crippen LogP contribution in [-0.4, -0.2) is 30.9 Å². The Bertz CT molecular complexity index is 345. The van der Waals surface area contributed by atoms with Crippen LogP contribution in [-0.2, 0) is 27.3 Å². The summed E-state index contributed by atoms with van der Waals surface area (Å²) in [4.78, 5) is 10.5. The van der Waals surface area contributed by atoms with Crippen LogP contribution in [0.15, 0.2) is 24.3 Å². The third kappa shape index (κ3) is 6.37. The Morgan fingerprint density at radius 1 is 1.06 bits per heavy atom. The molecule has 1 aromatic rings. The fourth-order valence-corrected chi connectivity index (χ4v) is 1.48. The first-order chi connectivity index (χ1) is 8.72. The maximum atomic E-state index is 10.5. The lowest BCUT2D eigenvalue weighted by atomic mass is 10.1. The van der Waals surface area contributed by atoms with E-state index in [1.807, 2.05) is 24.3 Å². The van der Waals surface area contributed by atoms with Crippen LogP contribution in [0.2, 0.25) is 0 Å². The molecular formula is C14H20O4. The smallest absolute Gasteiger partial charge is 0.307 e. The van der Waals surface area contributed by atoms with Crippen LogP contribution < -0.4 is 0 Å². The van der Waals surface area contributed by atoms with E-state index < -0.39 is 5.97 Å². The first-order valence-corrected chi connectivity index (χ1v) is 6.17. The van der Waals surface area contributed by atoms with E-state index in [0.29, 0.717) is 19.8 Å². The summed E-state index contributed by atoms with van der Waals surface area (Å²) in [6.45, 7) is 4.57. The number of rotatable bonds is 9. The van der Waals surface area contributed by atoms with Crippen molar-refractivity contribution in [2.45, 2.75) is 26.4 Å². The molecule has 100 valence electrons. The molecule has 0 spiro atoms. The summed E-state index contributed by atoms with van der Waals surface area (Å²) in [6, 6.07) is 7.43. The normalized spacial score (nSPS) is 10.5. The highest BCUT2D eigenvalue weighted by Crippen LogP contribution is 2.06. The van der Waals surface area contributed by atoms with Gasteiger partial charge >= 0.3 is 5.97 Å². The van der Waals surface area contributed by atoms with Crippen molar-refractivity contribution in [3.8, 4) is 0 Å². The van der Waals surface area contributed by atoms with Crippen molar-refractivity contribution in [2.24, 2.45) is 0 Å². The molecule has 0 aliphatic rings. The second-order valence-electron chi connectivity index (χ2n) is 4.05. The topological polar surface area (TPSA) is 55.8 Å². The van der Waals surface area contributed by atoms with E-state index in [4.69, 9.17) is 14.6 Å². The predicted molar refractivity (Wildman–Crippen MR) is 68.5 cm³/mol. The van der Waals surface area contributed by atoms with Crippen molar-refractivity contribution >= 4 is 5.97 Å². The summed E-state index contributed by atoms with van der Waals surface area (Å²) < 4.78 is 10.7. The molecule has 0 aromatic heterocycles. The molecule has 0 saturated heterocycles. The van der Waals surface area contributed by atoms with Crippen LogP contribution in [0.3, 0.4) is 0 Å². The summed E-state index contributed by atoms with van der Waals surface area (Å²) in [5.74, 6) is -0.813. The lowest BCUT2D eigenvalue weighted by Crippen LogP contribution is -2.05. The maximum absolute atomic E-state index is 10.5. The van der Waals surface area contributed by atoms with E-state index in [1.165, 1.54) is 0 Å². The van der Waals surface area contributed by atoms with E-state index >= 15 is 0 Å². The number of ether oxygens (including phenoxy) is 2. The highest BCUT2D eigenvalue weighted by molar-refractivity contribution is 5.70. The molecule has 1 N–H and O–H groups in total. The summed E-state index contributed by atoms with van der Waals surface area (Å²) in [5, 5.41) is 8.64. The average molecular weight is 252 g/mol. The van der Waals surface area contributed by atoms with E-state index in [0.717, 1.165) is 24.2 Å². The molecule has 0 heterocycles. The van der Waals surface area contributed by atoms with Crippen LogP contribution >= 0.6 is 0 Å². The third-order valence-electron chi connectivity index (χ3n) is 2.37. The Balaban J connectivity index is 2.20. The SMILES string of the molecule is CCCOCCOCc1ccc(CC(=O)O)cc1. The van der Waals surface area contributed by atoms with Gasteiger partial charge in [-0.15, -0.1) is 0 Å². The molecular weight excluding hydrogens is 232 g/mol. The third-order valence-corrected chi connectivity index (χ3v) is 2.37. The van der Waals surface area contributed by atoms with E-state index in [9.17, 15) is 4.79 Å². The number of carbonyl (C=O) groups is 1. The number of hydrogen-bond acceptors (Lipinski definition) is 3. The van der Waals surface area contributed by atoms with Gasteiger partial charge in [0.1, 0.15) is 0 Å². The molecule has 0 atom stereocenters. The van der Waals surface area contributed by atoms with Crippen molar-refractivity contribution in [3.05, 3.63) is 35.4 Å². The molecule has 0 aliphatic carbocycles. The monoisotopic (exact) mass is 252 g/mol. The van der Waals surface area contributed by atoms with Crippen molar-refractivity contribution < 1.29 is 19.4 Å². The second-order valence-corrected chi connectivity index (χ2v) is 4.05. The molecule has 1 aromatic carbocycles. The van der Waals surface area contributed by atoms with Gasteiger partial charge in [0, 0.05) is 6.61 Å². The first kappa shape index (κ1) is 14.7. The number of carboxylic acids is 1. The molecule has 0 radical (unpaired) electrons. The molecule has 18 heavy (non-hydrogen) atoms. The van der Waals surface area contributed by atoms with Crippen LogP contribution in [0.1, 0.15) is 24.5 Å². The van der Waals surface area contributed by atoms with Gasteiger partial charge in [0.2, 0.25) is 0 Å². The molecule has 4 heteroatoms. The fourth-order valence-electron chi connectivity index (χ4n) is 1.48. The molecule has 0 saturated carbocycles. The quantitative estimate of drug-likeness (QED) is 0.685. The number of benzene rings is 1. The molecule has 0 unspecified atom stereocenters. The Labute approximate surface area is 108 Å². The Kier molecular flexibility index (Phi) is 7.06. The van der Waals surface area contributed by atoms with Crippen molar-refractivity contribution in [1.82, 2.24) is 0 Å². The van der Waals surface area contributed by atoms with Gasteiger partial charge in [0.15, 0.2) is 0 Å². The summed E-state index contributed by atoms with van der Waals surface area (Å²) in [6.07, 6.45) is 1.08. The van der Waals surface area contributed by atoms with E-state index in [2.05, 4.69) is 6.92 Å². The van der Waals surface area contributed by atoms with Gasteiger partial charge in [0.25, 0.3) is 0 Å².